The van der Waals surface area contributed by atoms with E-state index in [0.717, 1.165) is 5.56 Å². The van der Waals surface area contributed by atoms with Gasteiger partial charge in [-0.3, -0.25) is 0 Å². The molecule has 0 fully saturated rings. The quantitative estimate of drug-likeness (QED) is 0.222. The van der Waals surface area contributed by atoms with Crippen molar-refractivity contribution in [2.24, 2.45) is 0 Å². The summed E-state index contributed by atoms with van der Waals surface area (Å²) in [7, 11) is 51.5. The van der Waals surface area contributed by atoms with Crippen molar-refractivity contribution in [3.05, 3.63) is 60.4 Å². The van der Waals surface area contributed by atoms with Gasteiger partial charge in [-0.2, -0.15) is 0 Å². The molecule has 16 radical (unpaired) electrons. The summed E-state index contributed by atoms with van der Waals surface area (Å²) in [6.45, 7) is 0. The Morgan fingerprint density at radius 2 is 0.686 bits per heavy atom. The van der Waals surface area contributed by atoms with Gasteiger partial charge in [-0.15, -0.1) is 21.9 Å². The number of hydrogen-bond acceptors (Lipinski definition) is 0. The summed E-state index contributed by atoms with van der Waals surface area (Å²) in [5.74, 6) is -0.407. The molecule has 0 unspecified atom stereocenters. The Kier molecular flexibility index (Phi) is 5.86. The van der Waals surface area contributed by atoms with Crippen molar-refractivity contribution in [2.45, 2.75) is 0 Å². The van der Waals surface area contributed by atoms with E-state index in [9.17, 15) is 4.39 Å². The largest absolute Gasteiger partial charge is 0.207 e. The Balaban J connectivity index is 2.24. The molecule has 35 heavy (non-hydrogen) atoms. The van der Waals surface area contributed by atoms with Gasteiger partial charge in [0.05, 0.1) is 0 Å². The maximum Gasteiger partial charge on any atom is 0.123 e. The SMILES string of the molecule is [B]c1c([B])c([B])c2c(-c3ccc(F)cc3)c3c([B])c([B])c([B])c([B])c3c(-c3ccccc3)c2c1[B]. The minimum Gasteiger partial charge on any atom is -0.207 e. The normalized spacial score (nSPS) is 11.3. The third kappa shape index (κ3) is 3.46. The lowest BCUT2D eigenvalue weighted by molar-refractivity contribution is 0.628. The zero-order valence-electron chi connectivity index (χ0n) is 18.7. The number of halogens is 1. The molecule has 0 aliphatic heterocycles. The molecule has 144 valence electrons. The van der Waals surface area contributed by atoms with E-state index in [4.69, 9.17) is 62.8 Å². The van der Waals surface area contributed by atoms with Crippen molar-refractivity contribution in [3.8, 4) is 22.3 Å². The van der Waals surface area contributed by atoms with E-state index in [0.29, 0.717) is 38.2 Å². The summed E-state index contributed by atoms with van der Waals surface area (Å²) in [6, 6.07) is 15.3. The van der Waals surface area contributed by atoms with Crippen LogP contribution in [0.1, 0.15) is 0 Å². The second kappa shape index (κ2) is 8.63. The monoisotopic (exact) mass is 428 g/mol. The molecule has 0 aliphatic rings. The van der Waals surface area contributed by atoms with E-state index >= 15 is 0 Å². The highest BCUT2D eigenvalue weighted by Crippen LogP contribution is 2.40. The Morgan fingerprint density at radius 3 is 1.03 bits per heavy atom. The van der Waals surface area contributed by atoms with Crippen LogP contribution in [0.15, 0.2) is 54.6 Å². The summed E-state index contributed by atoms with van der Waals surface area (Å²) in [6.07, 6.45) is 0. The van der Waals surface area contributed by atoms with E-state index < -0.39 is 5.82 Å². The minimum atomic E-state index is -0.407. The van der Waals surface area contributed by atoms with Gasteiger partial charge in [0, 0.05) is 0 Å². The van der Waals surface area contributed by atoms with E-state index in [-0.39, 0.29) is 43.7 Å². The number of hydrogen-bond donors (Lipinski definition) is 0. The Labute approximate surface area is 214 Å². The van der Waals surface area contributed by atoms with E-state index in [1.165, 1.54) is 12.1 Å². The van der Waals surface area contributed by atoms with Gasteiger partial charge in [-0.25, -0.2) is 4.39 Å². The predicted octanol–water partition coefficient (Wildman–Crippen LogP) is -2.18. The van der Waals surface area contributed by atoms with Crippen LogP contribution in [0.5, 0.6) is 0 Å². The van der Waals surface area contributed by atoms with Gasteiger partial charge in [0.2, 0.25) is 0 Å². The number of fused-ring (bicyclic) bond motifs is 2. The van der Waals surface area contributed by atoms with Crippen molar-refractivity contribution >= 4 is 128 Å². The maximum absolute atomic E-state index is 13.9. The average molecular weight is 427 g/mol. The first-order valence-corrected chi connectivity index (χ1v) is 10.7. The molecule has 0 aromatic heterocycles. The lowest BCUT2D eigenvalue weighted by Gasteiger charge is -2.28. The van der Waals surface area contributed by atoms with Crippen LogP contribution in [0.2, 0.25) is 0 Å². The lowest BCUT2D eigenvalue weighted by atomic mass is 9.59. The van der Waals surface area contributed by atoms with Crippen LogP contribution in [-0.4, -0.2) is 62.8 Å². The van der Waals surface area contributed by atoms with Gasteiger partial charge in [-0.05, 0) is 55.9 Å². The van der Waals surface area contributed by atoms with E-state index in [1.54, 1.807) is 12.1 Å². The van der Waals surface area contributed by atoms with Crippen LogP contribution >= 0.6 is 0 Å². The fraction of sp³-hybridized carbons (Fsp3) is 0. The number of rotatable bonds is 2. The zero-order chi connectivity index (χ0) is 25.2. The molecule has 5 aromatic rings. The Bertz CT molecular complexity index is 1580. The molecule has 0 heterocycles. The second-order valence-corrected chi connectivity index (χ2v) is 8.43. The molecule has 5 aromatic carbocycles. The van der Waals surface area contributed by atoms with Crippen molar-refractivity contribution < 1.29 is 4.39 Å². The van der Waals surface area contributed by atoms with Crippen molar-refractivity contribution in [2.75, 3.05) is 0 Å². The predicted molar refractivity (Wildman–Crippen MR) is 155 cm³/mol. The highest BCUT2D eigenvalue weighted by atomic mass is 19.1. The summed E-state index contributed by atoms with van der Waals surface area (Å²) < 4.78 is 13.9. The first-order valence-electron chi connectivity index (χ1n) is 10.7. The van der Waals surface area contributed by atoms with Gasteiger partial charge in [-0.1, -0.05) is 64.3 Å². The summed E-state index contributed by atoms with van der Waals surface area (Å²) in [4.78, 5) is 0. The fourth-order valence-corrected chi connectivity index (χ4v) is 4.75. The zero-order valence-corrected chi connectivity index (χ0v) is 18.7. The fourth-order valence-electron chi connectivity index (χ4n) is 4.75. The standard InChI is InChI=1S/C26H9B8F/c27-19-15-13(10-4-2-1-3-5-10)16-18(22(30)26(34)24(32)20(16)28)14(11-6-8-12(35)9-7-11)17(15)21(29)25(33)23(19)31/h1-9H. The van der Waals surface area contributed by atoms with Gasteiger partial charge in [0.25, 0.3) is 0 Å². The minimum absolute atomic E-state index is 0.131. The van der Waals surface area contributed by atoms with Gasteiger partial charge < -0.3 is 0 Å². The lowest BCUT2D eigenvalue weighted by Crippen LogP contribution is -2.50. The van der Waals surface area contributed by atoms with Crippen LogP contribution in [0.4, 0.5) is 4.39 Å². The molecule has 9 heteroatoms. The maximum atomic E-state index is 13.9. The first-order chi connectivity index (χ1) is 16.6. The molecule has 0 atom stereocenters. The highest BCUT2D eigenvalue weighted by Gasteiger charge is 2.24. The summed E-state index contributed by atoms with van der Waals surface area (Å²) >= 11 is 0. The van der Waals surface area contributed by atoms with E-state index in [2.05, 4.69) is 0 Å². The molecular weight excluding hydrogens is 418 g/mol. The molecule has 0 spiro atoms. The van der Waals surface area contributed by atoms with Gasteiger partial charge in [0.1, 0.15) is 68.6 Å². The third-order valence-electron chi connectivity index (χ3n) is 6.51. The molecule has 5 rings (SSSR count). The molecule has 0 saturated heterocycles. The van der Waals surface area contributed by atoms with Crippen molar-refractivity contribution in [1.82, 2.24) is 0 Å². The molecular formula is C26H9B8F. The summed E-state index contributed by atoms with van der Waals surface area (Å²) in [5.41, 5.74) is 3.97. The van der Waals surface area contributed by atoms with Crippen LogP contribution in [-0.2, 0) is 0 Å². The first kappa shape index (κ1) is 23.8. The molecule has 0 bridgehead atoms. The van der Waals surface area contributed by atoms with Crippen molar-refractivity contribution in [3.63, 3.8) is 0 Å². The van der Waals surface area contributed by atoms with Crippen LogP contribution in [0.25, 0.3) is 43.8 Å². The van der Waals surface area contributed by atoms with Crippen LogP contribution in [0, 0.1) is 5.82 Å². The van der Waals surface area contributed by atoms with Crippen molar-refractivity contribution in [1.29, 1.82) is 0 Å². The molecule has 0 saturated carbocycles. The average Bonchev–Trinajstić information content (AvgIpc) is 2.87. The van der Waals surface area contributed by atoms with E-state index in [1.807, 2.05) is 30.3 Å². The smallest absolute Gasteiger partial charge is 0.123 e. The molecule has 0 N–H and O–H groups in total. The Morgan fingerprint density at radius 1 is 0.371 bits per heavy atom. The van der Waals surface area contributed by atoms with Gasteiger partial charge >= 0.3 is 0 Å². The molecule has 0 nitrogen and oxygen atoms in total. The van der Waals surface area contributed by atoms with Crippen LogP contribution in [0.3, 0.4) is 0 Å². The highest BCUT2D eigenvalue weighted by molar-refractivity contribution is 6.71. The van der Waals surface area contributed by atoms with Gasteiger partial charge in [0.15, 0.2) is 0 Å². The molecule has 0 amide bonds. The summed E-state index contributed by atoms with van der Waals surface area (Å²) in [5, 5.41) is 2.06. The third-order valence-corrected chi connectivity index (χ3v) is 6.51. The Hall–Kier alpha value is -2.93. The molecule has 0 aliphatic carbocycles. The topological polar surface area (TPSA) is 0 Å². The van der Waals surface area contributed by atoms with Crippen LogP contribution < -0.4 is 43.7 Å². The second-order valence-electron chi connectivity index (χ2n) is 8.43. The number of benzene rings is 5.